The zero-order chi connectivity index (χ0) is 6.41. The smallest absolute Gasteiger partial charge is 0.0804 e. The Kier molecular flexibility index (Phi) is 5.01. The van der Waals surface area contributed by atoms with Crippen molar-refractivity contribution in [2.75, 3.05) is 20.8 Å². The zero-order valence-corrected chi connectivity index (χ0v) is 5.52. The maximum atomic E-state index is 4.95. The molecular formula is C6H13O2. The molecule has 0 aromatic heterocycles. The van der Waals surface area contributed by atoms with Crippen LogP contribution in [0.5, 0.6) is 0 Å². The third-order valence-electron chi connectivity index (χ3n) is 1.01. The van der Waals surface area contributed by atoms with E-state index in [1.165, 1.54) is 0 Å². The molecule has 1 unspecified atom stereocenters. The van der Waals surface area contributed by atoms with Crippen LogP contribution in [0.2, 0.25) is 0 Å². The summed E-state index contributed by atoms with van der Waals surface area (Å²) < 4.78 is 9.77. The first-order valence-corrected chi connectivity index (χ1v) is 2.66. The van der Waals surface area contributed by atoms with E-state index >= 15 is 0 Å². The van der Waals surface area contributed by atoms with Crippen molar-refractivity contribution in [1.29, 1.82) is 0 Å². The van der Waals surface area contributed by atoms with Gasteiger partial charge in [-0.25, -0.2) is 0 Å². The number of ether oxygens (including phenoxy) is 2. The molecule has 0 N–H and O–H groups in total. The van der Waals surface area contributed by atoms with Crippen molar-refractivity contribution < 1.29 is 9.47 Å². The maximum absolute atomic E-state index is 4.95. The van der Waals surface area contributed by atoms with Gasteiger partial charge >= 0.3 is 0 Å². The van der Waals surface area contributed by atoms with Gasteiger partial charge in [-0.2, -0.15) is 0 Å². The first kappa shape index (κ1) is 7.92. The molecule has 0 fully saturated rings. The van der Waals surface area contributed by atoms with Crippen molar-refractivity contribution in [1.82, 2.24) is 0 Å². The molecule has 0 aliphatic heterocycles. The third kappa shape index (κ3) is 2.99. The molecular weight excluding hydrogens is 104 g/mol. The Balaban J connectivity index is 3.07. The highest BCUT2D eigenvalue weighted by Crippen LogP contribution is 1.93. The minimum absolute atomic E-state index is 0.167. The molecule has 8 heavy (non-hydrogen) atoms. The van der Waals surface area contributed by atoms with E-state index in [0.717, 1.165) is 6.42 Å². The molecule has 0 bridgehead atoms. The SMILES string of the molecule is [CH2]CC(COC)OC. The van der Waals surface area contributed by atoms with E-state index < -0.39 is 0 Å². The molecule has 1 atom stereocenters. The molecule has 49 valence electrons. The highest BCUT2D eigenvalue weighted by Gasteiger charge is 2.00. The van der Waals surface area contributed by atoms with E-state index in [0.29, 0.717) is 6.61 Å². The molecule has 0 aliphatic carbocycles. The summed E-state index contributed by atoms with van der Waals surface area (Å²) in [6.45, 7) is 4.31. The molecule has 0 amide bonds. The largest absolute Gasteiger partial charge is 0.382 e. The fraction of sp³-hybridized carbons (Fsp3) is 0.833. The van der Waals surface area contributed by atoms with Crippen molar-refractivity contribution in [3.05, 3.63) is 6.92 Å². The van der Waals surface area contributed by atoms with Gasteiger partial charge in [0.2, 0.25) is 0 Å². The lowest BCUT2D eigenvalue weighted by Crippen LogP contribution is -2.15. The first-order valence-electron chi connectivity index (χ1n) is 2.66. The molecule has 2 nitrogen and oxygen atoms in total. The summed E-state index contributed by atoms with van der Waals surface area (Å²) in [5.41, 5.74) is 0. The van der Waals surface area contributed by atoms with E-state index in [1.807, 2.05) is 0 Å². The molecule has 0 aromatic rings. The predicted molar refractivity (Wildman–Crippen MR) is 32.6 cm³/mol. The molecule has 0 spiro atoms. The van der Waals surface area contributed by atoms with E-state index in [2.05, 4.69) is 6.92 Å². The summed E-state index contributed by atoms with van der Waals surface area (Å²) in [6, 6.07) is 0. The summed E-state index contributed by atoms with van der Waals surface area (Å²) in [5, 5.41) is 0. The lowest BCUT2D eigenvalue weighted by Gasteiger charge is -2.09. The quantitative estimate of drug-likeness (QED) is 0.544. The fourth-order valence-electron chi connectivity index (χ4n) is 0.455. The van der Waals surface area contributed by atoms with Crippen LogP contribution in [0.3, 0.4) is 0 Å². The summed E-state index contributed by atoms with van der Waals surface area (Å²) in [6.07, 6.45) is 0.935. The molecule has 0 aromatic carbocycles. The van der Waals surface area contributed by atoms with Gasteiger partial charge in [0.15, 0.2) is 0 Å². The second-order valence-electron chi connectivity index (χ2n) is 1.60. The average Bonchev–Trinajstić information content (AvgIpc) is 1.83. The fourth-order valence-corrected chi connectivity index (χ4v) is 0.455. The van der Waals surface area contributed by atoms with Crippen LogP contribution in [0, 0.1) is 6.92 Å². The highest BCUT2D eigenvalue weighted by molar-refractivity contribution is 4.55. The normalized spacial score (nSPS) is 13.9. The Morgan fingerprint density at radius 3 is 2.25 bits per heavy atom. The Labute approximate surface area is 50.8 Å². The van der Waals surface area contributed by atoms with Crippen LogP contribution < -0.4 is 0 Å². The van der Waals surface area contributed by atoms with Crippen LogP contribution in [-0.4, -0.2) is 26.9 Å². The van der Waals surface area contributed by atoms with Crippen molar-refractivity contribution in [2.45, 2.75) is 12.5 Å². The van der Waals surface area contributed by atoms with E-state index in [4.69, 9.17) is 9.47 Å². The van der Waals surface area contributed by atoms with Crippen molar-refractivity contribution in [3.8, 4) is 0 Å². The van der Waals surface area contributed by atoms with Crippen molar-refractivity contribution in [3.63, 3.8) is 0 Å². The average molecular weight is 117 g/mol. The maximum Gasteiger partial charge on any atom is 0.0804 e. The van der Waals surface area contributed by atoms with E-state index in [1.54, 1.807) is 14.2 Å². The van der Waals surface area contributed by atoms with Gasteiger partial charge < -0.3 is 9.47 Å². The van der Waals surface area contributed by atoms with Gasteiger partial charge in [0.05, 0.1) is 12.7 Å². The van der Waals surface area contributed by atoms with Crippen LogP contribution in [0.4, 0.5) is 0 Å². The van der Waals surface area contributed by atoms with Crippen LogP contribution in [0.25, 0.3) is 0 Å². The predicted octanol–water partition coefficient (Wildman–Crippen LogP) is 0.872. The molecule has 0 rings (SSSR count). The topological polar surface area (TPSA) is 18.5 Å². The van der Waals surface area contributed by atoms with Crippen molar-refractivity contribution >= 4 is 0 Å². The minimum Gasteiger partial charge on any atom is -0.382 e. The molecule has 2 heteroatoms. The Bertz CT molecular complexity index is 41.8. The second kappa shape index (κ2) is 5.06. The Hall–Kier alpha value is -0.0800. The number of hydrogen-bond acceptors (Lipinski definition) is 2. The van der Waals surface area contributed by atoms with Gasteiger partial charge in [0, 0.05) is 14.2 Å². The van der Waals surface area contributed by atoms with Gasteiger partial charge in [-0.1, -0.05) is 6.92 Å². The lowest BCUT2D eigenvalue weighted by atomic mass is 10.3. The summed E-state index contributed by atoms with van der Waals surface area (Å²) in [4.78, 5) is 0. The van der Waals surface area contributed by atoms with Gasteiger partial charge in [0.1, 0.15) is 0 Å². The van der Waals surface area contributed by atoms with E-state index in [9.17, 15) is 0 Å². The number of methoxy groups -OCH3 is 2. The summed E-state index contributed by atoms with van der Waals surface area (Å²) in [5.74, 6) is 0. The standard InChI is InChI=1S/C6H13O2/c1-4-6(8-3)5-7-2/h6H,1,4-5H2,2-3H3. The Morgan fingerprint density at radius 2 is 2.12 bits per heavy atom. The highest BCUT2D eigenvalue weighted by atomic mass is 16.5. The van der Waals surface area contributed by atoms with Gasteiger partial charge in [0.25, 0.3) is 0 Å². The zero-order valence-electron chi connectivity index (χ0n) is 5.52. The van der Waals surface area contributed by atoms with Gasteiger partial charge in [-0.05, 0) is 6.42 Å². The molecule has 0 heterocycles. The Morgan fingerprint density at radius 1 is 1.50 bits per heavy atom. The van der Waals surface area contributed by atoms with Crippen LogP contribution in [0.15, 0.2) is 0 Å². The minimum atomic E-state index is 0.167. The second-order valence-corrected chi connectivity index (χ2v) is 1.60. The first-order chi connectivity index (χ1) is 3.85. The number of rotatable bonds is 4. The van der Waals surface area contributed by atoms with E-state index in [-0.39, 0.29) is 6.10 Å². The van der Waals surface area contributed by atoms with Crippen LogP contribution in [-0.2, 0) is 9.47 Å². The summed E-state index contributed by atoms with van der Waals surface area (Å²) >= 11 is 0. The molecule has 0 aliphatic rings. The van der Waals surface area contributed by atoms with Crippen LogP contribution in [0.1, 0.15) is 6.42 Å². The van der Waals surface area contributed by atoms with Gasteiger partial charge in [-0.15, -0.1) is 0 Å². The molecule has 0 saturated heterocycles. The van der Waals surface area contributed by atoms with Gasteiger partial charge in [-0.3, -0.25) is 0 Å². The lowest BCUT2D eigenvalue weighted by molar-refractivity contribution is 0.0301. The molecule has 1 radical (unpaired) electrons. The summed E-state index contributed by atoms with van der Waals surface area (Å²) in [7, 11) is 3.32. The number of hydrogen-bond donors (Lipinski definition) is 0. The monoisotopic (exact) mass is 117 g/mol. The third-order valence-corrected chi connectivity index (χ3v) is 1.01. The molecule has 0 saturated carbocycles. The van der Waals surface area contributed by atoms with Crippen LogP contribution >= 0.6 is 0 Å². The van der Waals surface area contributed by atoms with Crippen molar-refractivity contribution in [2.24, 2.45) is 0 Å².